The van der Waals surface area contributed by atoms with Crippen LogP contribution in [0.3, 0.4) is 0 Å². The lowest BCUT2D eigenvalue weighted by Crippen LogP contribution is -2.24. The van der Waals surface area contributed by atoms with E-state index in [9.17, 15) is 23.1 Å². The third-order valence-electron chi connectivity index (χ3n) is 5.71. The fourth-order valence-electron chi connectivity index (χ4n) is 4.01. The molecule has 4 rings (SSSR count). The molecule has 2 saturated carbocycles. The standard InChI is InChI=1S/C20H24F3N3O2/c1-19(2,28)10-11-8-14(11)17(27)25-18-24-15-7-6-12(20(21,22)23)9-16(15)26(18)13-4-3-5-13/h6-7,9,11,13-14,28H,3-5,8,10H2,1-2H3,(H,24,25,27)/t11-,14+/m1/s1. The molecule has 5 nitrogen and oxygen atoms in total. The number of halogens is 3. The summed E-state index contributed by atoms with van der Waals surface area (Å²) in [5.74, 6) is 0.0734. The number of aromatic nitrogens is 2. The molecular formula is C20H24F3N3O2. The summed E-state index contributed by atoms with van der Waals surface area (Å²) in [6.45, 7) is 3.43. The van der Waals surface area contributed by atoms with Crippen LogP contribution in [0.5, 0.6) is 0 Å². The van der Waals surface area contributed by atoms with Gasteiger partial charge in [-0.15, -0.1) is 0 Å². The Morgan fingerprint density at radius 3 is 2.61 bits per heavy atom. The minimum Gasteiger partial charge on any atom is -0.390 e. The first kappa shape index (κ1) is 19.2. The molecule has 1 aromatic heterocycles. The van der Waals surface area contributed by atoms with E-state index < -0.39 is 17.3 Å². The lowest BCUT2D eigenvalue weighted by atomic mass is 9.92. The normalized spacial score (nSPS) is 22.9. The van der Waals surface area contributed by atoms with E-state index in [0.29, 0.717) is 29.8 Å². The van der Waals surface area contributed by atoms with Gasteiger partial charge >= 0.3 is 6.18 Å². The van der Waals surface area contributed by atoms with Gasteiger partial charge in [-0.25, -0.2) is 4.98 Å². The number of nitrogens with one attached hydrogen (secondary N) is 1. The average Bonchev–Trinajstić information content (AvgIpc) is 3.18. The maximum absolute atomic E-state index is 13.1. The van der Waals surface area contributed by atoms with E-state index in [1.807, 2.05) is 0 Å². The number of rotatable bonds is 5. The molecular weight excluding hydrogens is 371 g/mol. The highest BCUT2D eigenvalue weighted by Gasteiger charge is 2.45. The number of imidazole rings is 1. The largest absolute Gasteiger partial charge is 0.416 e. The summed E-state index contributed by atoms with van der Waals surface area (Å²) >= 11 is 0. The lowest BCUT2D eigenvalue weighted by molar-refractivity contribution is -0.137. The number of hydrogen-bond acceptors (Lipinski definition) is 3. The van der Waals surface area contributed by atoms with Crippen molar-refractivity contribution >= 4 is 22.9 Å². The van der Waals surface area contributed by atoms with E-state index in [0.717, 1.165) is 31.4 Å². The molecule has 2 aliphatic rings. The molecule has 0 saturated heterocycles. The summed E-state index contributed by atoms with van der Waals surface area (Å²) in [6, 6.07) is 3.55. The van der Waals surface area contributed by atoms with Crippen LogP contribution < -0.4 is 5.32 Å². The summed E-state index contributed by atoms with van der Waals surface area (Å²) in [7, 11) is 0. The lowest BCUT2D eigenvalue weighted by Gasteiger charge is -2.29. The van der Waals surface area contributed by atoms with Crippen LogP contribution in [0, 0.1) is 11.8 Å². The Bertz CT molecular complexity index is 910. The van der Waals surface area contributed by atoms with Gasteiger partial charge in [0.25, 0.3) is 0 Å². The molecule has 0 radical (unpaired) electrons. The van der Waals surface area contributed by atoms with Crippen molar-refractivity contribution in [2.45, 2.75) is 63.8 Å². The number of nitrogens with zero attached hydrogens (tertiary/aromatic N) is 2. The van der Waals surface area contributed by atoms with Crippen LogP contribution in [-0.2, 0) is 11.0 Å². The van der Waals surface area contributed by atoms with Crippen molar-refractivity contribution in [3.05, 3.63) is 23.8 Å². The summed E-state index contributed by atoms with van der Waals surface area (Å²) in [5.41, 5.74) is -0.698. The Balaban J connectivity index is 1.61. The van der Waals surface area contributed by atoms with E-state index in [-0.39, 0.29) is 23.8 Å². The highest BCUT2D eigenvalue weighted by Crippen LogP contribution is 2.45. The Kier molecular flexibility index (Phi) is 4.45. The predicted molar refractivity (Wildman–Crippen MR) is 98.8 cm³/mol. The molecule has 0 aliphatic heterocycles. The van der Waals surface area contributed by atoms with Crippen LogP contribution in [0.4, 0.5) is 19.1 Å². The molecule has 2 atom stereocenters. The molecule has 1 aromatic carbocycles. The van der Waals surface area contributed by atoms with Crippen LogP contribution in [0.15, 0.2) is 18.2 Å². The molecule has 1 heterocycles. The topological polar surface area (TPSA) is 67.2 Å². The predicted octanol–water partition coefficient (Wildman–Crippen LogP) is 4.52. The summed E-state index contributed by atoms with van der Waals surface area (Å²) in [5, 5.41) is 12.8. The molecule has 0 bridgehead atoms. The fourth-order valence-corrected chi connectivity index (χ4v) is 4.01. The summed E-state index contributed by atoms with van der Waals surface area (Å²) in [6.07, 6.45) is -0.459. The van der Waals surface area contributed by atoms with Gasteiger partial charge in [-0.05, 0) is 70.1 Å². The minimum atomic E-state index is -4.43. The summed E-state index contributed by atoms with van der Waals surface area (Å²) in [4.78, 5) is 17.0. The Morgan fingerprint density at radius 1 is 1.32 bits per heavy atom. The van der Waals surface area contributed by atoms with Crippen LogP contribution in [0.2, 0.25) is 0 Å². The molecule has 2 fully saturated rings. The zero-order valence-electron chi connectivity index (χ0n) is 15.9. The number of anilines is 1. The molecule has 1 amide bonds. The zero-order chi connectivity index (χ0) is 20.3. The van der Waals surface area contributed by atoms with Gasteiger partial charge in [0.2, 0.25) is 11.9 Å². The van der Waals surface area contributed by atoms with Gasteiger partial charge in [0.05, 0.1) is 22.2 Å². The van der Waals surface area contributed by atoms with Crippen molar-refractivity contribution in [2.24, 2.45) is 11.8 Å². The second-order valence-electron chi connectivity index (χ2n) is 8.70. The number of fused-ring (bicyclic) bond motifs is 1. The fraction of sp³-hybridized carbons (Fsp3) is 0.600. The van der Waals surface area contributed by atoms with Gasteiger partial charge in [0.1, 0.15) is 0 Å². The Morgan fingerprint density at radius 2 is 2.04 bits per heavy atom. The SMILES string of the molecule is CC(C)(O)C[C@H]1C[C@@H]1C(=O)Nc1nc2ccc(C(F)(F)F)cc2n1C1CCC1. The first-order chi connectivity index (χ1) is 13.0. The molecule has 2 N–H and O–H groups in total. The van der Waals surface area contributed by atoms with Gasteiger partial charge in [0, 0.05) is 12.0 Å². The minimum absolute atomic E-state index is 0.0511. The quantitative estimate of drug-likeness (QED) is 0.782. The van der Waals surface area contributed by atoms with Crippen molar-refractivity contribution in [3.8, 4) is 0 Å². The van der Waals surface area contributed by atoms with Crippen molar-refractivity contribution in [1.29, 1.82) is 0 Å². The van der Waals surface area contributed by atoms with Crippen LogP contribution in [0.1, 0.15) is 57.6 Å². The van der Waals surface area contributed by atoms with E-state index in [4.69, 9.17) is 0 Å². The maximum atomic E-state index is 13.1. The van der Waals surface area contributed by atoms with Crippen LogP contribution in [0.25, 0.3) is 11.0 Å². The van der Waals surface area contributed by atoms with Crippen molar-refractivity contribution in [3.63, 3.8) is 0 Å². The van der Waals surface area contributed by atoms with Crippen LogP contribution >= 0.6 is 0 Å². The number of hydrogen-bond donors (Lipinski definition) is 2. The molecule has 0 spiro atoms. The summed E-state index contributed by atoms with van der Waals surface area (Å²) < 4.78 is 41.2. The van der Waals surface area contributed by atoms with Crippen molar-refractivity contribution in [2.75, 3.05) is 5.32 Å². The number of alkyl halides is 3. The molecule has 2 aromatic rings. The van der Waals surface area contributed by atoms with Gasteiger partial charge in [-0.3, -0.25) is 10.1 Å². The molecule has 152 valence electrons. The van der Waals surface area contributed by atoms with Gasteiger partial charge in [0.15, 0.2) is 0 Å². The highest BCUT2D eigenvalue weighted by molar-refractivity contribution is 5.95. The van der Waals surface area contributed by atoms with Crippen LogP contribution in [-0.4, -0.2) is 26.2 Å². The first-order valence-electron chi connectivity index (χ1n) is 9.65. The van der Waals surface area contributed by atoms with E-state index in [1.165, 1.54) is 6.07 Å². The van der Waals surface area contributed by atoms with E-state index in [1.54, 1.807) is 18.4 Å². The zero-order valence-corrected chi connectivity index (χ0v) is 15.9. The van der Waals surface area contributed by atoms with Gasteiger partial charge < -0.3 is 9.67 Å². The molecule has 8 heteroatoms. The number of amides is 1. The second kappa shape index (κ2) is 6.47. The molecule has 2 aliphatic carbocycles. The monoisotopic (exact) mass is 395 g/mol. The number of carbonyl (C=O) groups excluding carboxylic acids is 1. The Hall–Kier alpha value is -2.09. The van der Waals surface area contributed by atoms with Gasteiger partial charge in [-0.1, -0.05) is 0 Å². The Labute approximate surface area is 160 Å². The van der Waals surface area contributed by atoms with Gasteiger partial charge in [-0.2, -0.15) is 13.2 Å². The van der Waals surface area contributed by atoms with E-state index >= 15 is 0 Å². The molecule has 28 heavy (non-hydrogen) atoms. The van der Waals surface area contributed by atoms with Crippen molar-refractivity contribution in [1.82, 2.24) is 9.55 Å². The highest BCUT2D eigenvalue weighted by atomic mass is 19.4. The smallest absolute Gasteiger partial charge is 0.390 e. The van der Waals surface area contributed by atoms with E-state index in [2.05, 4.69) is 10.3 Å². The first-order valence-corrected chi connectivity index (χ1v) is 9.65. The number of carbonyl (C=O) groups is 1. The molecule has 0 unspecified atom stereocenters. The van der Waals surface area contributed by atoms with Crippen molar-refractivity contribution < 1.29 is 23.1 Å². The average molecular weight is 395 g/mol. The number of benzene rings is 1. The second-order valence-corrected chi connectivity index (χ2v) is 8.70. The third kappa shape index (κ3) is 3.74. The number of aliphatic hydroxyl groups is 1. The maximum Gasteiger partial charge on any atom is 0.416 e. The third-order valence-corrected chi connectivity index (χ3v) is 5.71.